The first-order valence-electron chi connectivity index (χ1n) is 8.08. The number of hydrogen-bond acceptors (Lipinski definition) is 2. The lowest BCUT2D eigenvalue weighted by Crippen LogP contribution is -2.36. The third kappa shape index (κ3) is 3.33. The molecule has 3 rings (SSSR count). The minimum Gasteiger partial charge on any atom is -0.313 e. The van der Waals surface area contributed by atoms with Crippen LogP contribution in [0.4, 0.5) is 0 Å². The number of hydrogen-bond donors (Lipinski definition) is 1. The van der Waals surface area contributed by atoms with Crippen molar-refractivity contribution in [2.75, 3.05) is 6.54 Å². The lowest BCUT2D eigenvalue weighted by molar-refractivity contribution is 0.425. The van der Waals surface area contributed by atoms with E-state index in [-0.39, 0.29) is 0 Å². The van der Waals surface area contributed by atoms with E-state index in [9.17, 15) is 0 Å². The summed E-state index contributed by atoms with van der Waals surface area (Å²) >= 11 is 0. The molecule has 2 unspecified atom stereocenters. The molecule has 0 bridgehead atoms. The molecule has 0 amide bonds. The van der Waals surface area contributed by atoms with Gasteiger partial charge in [0.2, 0.25) is 0 Å². The number of pyridine rings is 1. The maximum Gasteiger partial charge on any atom is 0.0300 e. The van der Waals surface area contributed by atoms with E-state index in [1.807, 2.05) is 18.5 Å². The van der Waals surface area contributed by atoms with Crippen LogP contribution in [0, 0.1) is 0 Å². The smallest absolute Gasteiger partial charge is 0.0300 e. The van der Waals surface area contributed by atoms with E-state index in [0.717, 1.165) is 13.0 Å². The van der Waals surface area contributed by atoms with Gasteiger partial charge in [-0.05, 0) is 55.0 Å². The Bertz CT molecular complexity index is 565. The number of fused-ring (bicyclic) bond motifs is 1. The second-order valence-corrected chi connectivity index (χ2v) is 5.97. The predicted molar refractivity (Wildman–Crippen MR) is 87.5 cm³/mol. The Morgan fingerprint density at radius 1 is 1.24 bits per heavy atom. The van der Waals surface area contributed by atoms with Gasteiger partial charge < -0.3 is 5.32 Å². The maximum absolute atomic E-state index is 4.26. The average molecular weight is 280 g/mol. The Labute approximate surface area is 127 Å². The minimum atomic E-state index is 0.512. The molecule has 0 saturated heterocycles. The first-order chi connectivity index (χ1) is 10.4. The van der Waals surface area contributed by atoms with Gasteiger partial charge in [-0.3, -0.25) is 4.98 Å². The molecule has 1 N–H and O–H groups in total. The molecule has 0 spiro atoms. The SMILES string of the molecule is CCCNC(Cc1cccnc1)C1CCc2ccccc21. The number of nitrogens with zero attached hydrogens (tertiary/aromatic N) is 1. The van der Waals surface area contributed by atoms with Crippen molar-refractivity contribution in [3.63, 3.8) is 0 Å². The highest BCUT2D eigenvalue weighted by atomic mass is 14.9. The van der Waals surface area contributed by atoms with Crippen LogP contribution in [0.25, 0.3) is 0 Å². The van der Waals surface area contributed by atoms with Gasteiger partial charge >= 0.3 is 0 Å². The number of benzene rings is 1. The summed E-state index contributed by atoms with van der Waals surface area (Å²) in [5.74, 6) is 0.632. The number of aryl methyl sites for hydroxylation is 1. The highest BCUT2D eigenvalue weighted by molar-refractivity contribution is 5.36. The lowest BCUT2D eigenvalue weighted by atomic mass is 9.89. The second-order valence-electron chi connectivity index (χ2n) is 5.97. The van der Waals surface area contributed by atoms with Crippen molar-refractivity contribution in [1.82, 2.24) is 10.3 Å². The summed E-state index contributed by atoms with van der Waals surface area (Å²) in [4.78, 5) is 4.26. The first kappa shape index (κ1) is 14.3. The Balaban J connectivity index is 1.80. The molecule has 0 fully saturated rings. The van der Waals surface area contributed by atoms with Crippen LogP contribution < -0.4 is 5.32 Å². The van der Waals surface area contributed by atoms with E-state index in [1.54, 1.807) is 5.56 Å². The van der Waals surface area contributed by atoms with Crippen molar-refractivity contribution < 1.29 is 0 Å². The summed E-state index contributed by atoms with van der Waals surface area (Å²) in [5.41, 5.74) is 4.42. The molecule has 1 aliphatic rings. The van der Waals surface area contributed by atoms with Gasteiger partial charge in [0.25, 0.3) is 0 Å². The summed E-state index contributed by atoms with van der Waals surface area (Å²) in [6.07, 6.45) is 8.58. The van der Waals surface area contributed by atoms with E-state index >= 15 is 0 Å². The predicted octanol–water partition coefficient (Wildman–Crippen LogP) is 3.72. The Hall–Kier alpha value is -1.67. The van der Waals surface area contributed by atoms with Crippen LogP contribution in [-0.2, 0) is 12.8 Å². The van der Waals surface area contributed by atoms with E-state index in [1.165, 1.54) is 30.4 Å². The third-order valence-corrected chi connectivity index (χ3v) is 4.50. The molecule has 0 saturated carbocycles. The second kappa shape index (κ2) is 6.86. The van der Waals surface area contributed by atoms with Crippen molar-refractivity contribution in [2.45, 2.75) is 44.6 Å². The summed E-state index contributed by atoms with van der Waals surface area (Å²) in [6, 6.07) is 13.7. The summed E-state index contributed by atoms with van der Waals surface area (Å²) < 4.78 is 0. The molecule has 2 heteroatoms. The monoisotopic (exact) mass is 280 g/mol. The van der Waals surface area contributed by atoms with Gasteiger partial charge in [0.15, 0.2) is 0 Å². The van der Waals surface area contributed by atoms with Crippen LogP contribution in [0.2, 0.25) is 0 Å². The van der Waals surface area contributed by atoms with Gasteiger partial charge in [0.05, 0.1) is 0 Å². The Morgan fingerprint density at radius 2 is 2.14 bits per heavy atom. The molecule has 1 aliphatic carbocycles. The lowest BCUT2D eigenvalue weighted by Gasteiger charge is -2.26. The van der Waals surface area contributed by atoms with Crippen LogP contribution >= 0.6 is 0 Å². The van der Waals surface area contributed by atoms with Crippen LogP contribution in [0.5, 0.6) is 0 Å². The molecule has 1 aromatic carbocycles. The zero-order valence-electron chi connectivity index (χ0n) is 12.8. The molecule has 2 nitrogen and oxygen atoms in total. The van der Waals surface area contributed by atoms with Gasteiger partial charge in [-0.2, -0.15) is 0 Å². The fraction of sp³-hybridized carbons (Fsp3) is 0.421. The molecule has 110 valence electrons. The van der Waals surface area contributed by atoms with Crippen molar-refractivity contribution in [1.29, 1.82) is 0 Å². The fourth-order valence-corrected chi connectivity index (χ4v) is 3.47. The van der Waals surface area contributed by atoms with E-state index < -0.39 is 0 Å². The molecule has 2 aromatic rings. The van der Waals surface area contributed by atoms with E-state index in [4.69, 9.17) is 0 Å². The fourth-order valence-electron chi connectivity index (χ4n) is 3.47. The molecule has 0 radical (unpaired) electrons. The highest BCUT2D eigenvalue weighted by Crippen LogP contribution is 2.36. The molecule has 1 aromatic heterocycles. The van der Waals surface area contributed by atoms with Gasteiger partial charge in [-0.15, -0.1) is 0 Å². The molecule has 1 heterocycles. The molecular weight excluding hydrogens is 256 g/mol. The molecular formula is C19H24N2. The minimum absolute atomic E-state index is 0.512. The third-order valence-electron chi connectivity index (χ3n) is 4.50. The quantitative estimate of drug-likeness (QED) is 0.872. The number of nitrogens with one attached hydrogen (secondary N) is 1. The standard InChI is InChI=1S/C19H24N2/c1-2-11-21-19(13-15-6-5-12-20-14-15)18-10-9-16-7-3-4-8-17(16)18/h3-8,12,14,18-19,21H,2,9-11,13H2,1H3. The maximum atomic E-state index is 4.26. The highest BCUT2D eigenvalue weighted by Gasteiger charge is 2.29. The average Bonchev–Trinajstić information content (AvgIpc) is 2.96. The number of aromatic nitrogens is 1. The zero-order valence-corrected chi connectivity index (χ0v) is 12.8. The van der Waals surface area contributed by atoms with Crippen molar-refractivity contribution in [2.24, 2.45) is 0 Å². The van der Waals surface area contributed by atoms with Crippen LogP contribution in [0.3, 0.4) is 0 Å². The first-order valence-corrected chi connectivity index (χ1v) is 8.08. The normalized spacial score (nSPS) is 18.4. The van der Waals surface area contributed by atoms with Crippen LogP contribution in [-0.4, -0.2) is 17.6 Å². The molecule has 0 aliphatic heterocycles. The molecule has 21 heavy (non-hydrogen) atoms. The Morgan fingerprint density at radius 3 is 2.95 bits per heavy atom. The number of rotatable bonds is 6. The van der Waals surface area contributed by atoms with E-state index in [0.29, 0.717) is 12.0 Å². The van der Waals surface area contributed by atoms with Crippen LogP contribution in [0.15, 0.2) is 48.8 Å². The van der Waals surface area contributed by atoms with Crippen molar-refractivity contribution in [3.8, 4) is 0 Å². The van der Waals surface area contributed by atoms with E-state index in [2.05, 4.69) is 47.6 Å². The van der Waals surface area contributed by atoms with Crippen LogP contribution in [0.1, 0.15) is 42.4 Å². The zero-order chi connectivity index (χ0) is 14.5. The summed E-state index contributed by atoms with van der Waals surface area (Å²) in [5, 5.41) is 3.77. The van der Waals surface area contributed by atoms with Gasteiger partial charge in [-0.1, -0.05) is 37.3 Å². The largest absolute Gasteiger partial charge is 0.313 e. The Kier molecular flexibility index (Phi) is 4.66. The topological polar surface area (TPSA) is 24.9 Å². The van der Waals surface area contributed by atoms with Crippen molar-refractivity contribution in [3.05, 3.63) is 65.5 Å². The van der Waals surface area contributed by atoms with Gasteiger partial charge in [-0.25, -0.2) is 0 Å². The molecule has 2 atom stereocenters. The van der Waals surface area contributed by atoms with Crippen molar-refractivity contribution >= 4 is 0 Å². The summed E-state index contributed by atoms with van der Waals surface area (Å²) in [7, 11) is 0. The summed E-state index contributed by atoms with van der Waals surface area (Å²) in [6.45, 7) is 3.32. The van der Waals surface area contributed by atoms with Gasteiger partial charge in [0, 0.05) is 24.4 Å². The van der Waals surface area contributed by atoms with Gasteiger partial charge in [0.1, 0.15) is 0 Å².